The zero-order valence-electron chi connectivity index (χ0n) is 27.2. The van der Waals surface area contributed by atoms with Crippen molar-refractivity contribution in [2.75, 3.05) is 13.1 Å². The fourth-order valence-corrected chi connectivity index (χ4v) is 11.7. The maximum Gasteiger partial charge on any atom is 0.219 e. The first kappa shape index (κ1) is 28.5. The van der Waals surface area contributed by atoms with E-state index in [1.54, 1.807) is 13.8 Å². The van der Waals surface area contributed by atoms with E-state index >= 15 is 0 Å². The minimum Gasteiger partial charge on any atom is -0.481 e. The smallest absolute Gasteiger partial charge is 0.219 e. The third-order valence-corrected chi connectivity index (χ3v) is 13.5. The van der Waals surface area contributed by atoms with E-state index in [0.29, 0.717) is 24.7 Å². The lowest BCUT2D eigenvalue weighted by molar-refractivity contribution is -0.148. The molecule has 2 amide bonds. The standard InChI is InChI=1S/2C19H21NO3/c2*1-10-3-4-12-9-14-13-5-6-15(22)18-19(13,16(12)17(10)23-18)7-8-20(14)11(2)21/h2*3-4,13-14,18H,5-9H2,1-2H3/t2*13-,14+,18-,19-/m00/s1. The first-order valence-electron chi connectivity index (χ1n) is 17.3. The van der Waals surface area contributed by atoms with Gasteiger partial charge in [-0.15, -0.1) is 0 Å². The minimum absolute atomic E-state index is 0.160. The largest absolute Gasteiger partial charge is 0.481 e. The molecule has 8 atom stereocenters. The van der Waals surface area contributed by atoms with Crippen LogP contribution in [-0.4, -0.2) is 70.6 Å². The Morgan fingerprint density at radius 1 is 0.696 bits per heavy atom. The number of nitrogens with zero attached hydrogens (tertiary/aromatic N) is 2. The summed E-state index contributed by atoms with van der Waals surface area (Å²) >= 11 is 0. The average molecular weight is 623 g/mol. The predicted molar refractivity (Wildman–Crippen MR) is 169 cm³/mol. The molecule has 4 fully saturated rings. The number of rotatable bonds is 0. The summed E-state index contributed by atoms with van der Waals surface area (Å²) in [5, 5.41) is 0. The number of likely N-dealkylation sites (tertiary alicyclic amines) is 2. The van der Waals surface area contributed by atoms with Crippen molar-refractivity contribution in [3.63, 3.8) is 0 Å². The number of benzene rings is 2. The van der Waals surface area contributed by atoms with E-state index in [0.717, 1.165) is 74.2 Å². The van der Waals surface area contributed by atoms with Crippen molar-refractivity contribution < 1.29 is 28.7 Å². The summed E-state index contributed by atoms with van der Waals surface area (Å²) in [5.74, 6) is 3.46. The summed E-state index contributed by atoms with van der Waals surface area (Å²) in [5.41, 5.74) is 7.09. The van der Waals surface area contributed by atoms with Gasteiger partial charge in [-0.25, -0.2) is 0 Å². The van der Waals surface area contributed by atoms with Crippen LogP contribution in [0.2, 0.25) is 0 Å². The van der Waals surface area contributed by atoms with E-state index in [1.807, 2.05) is 9.80 Å². The van der Waals surface area contributed by atoms with Gasteiger partial charge in [0, 0.05) is 73.8 Å². The molecule has 0 unspecified atom stereocenters. The van der Waals surface area contributed by atoms with Crippen LogP contribution in [0.5, 0.6) is 11.5 Å². The Bertz CT molecular complexity index is 1640. The molecule has 2 saturated heterocycles. The maximum atomic E-state index is 12.6. The molecule has 8 aliphatic rings. The van der Waals surface area contributed by atoms with Crippen molar-refractivity contribution in [1.82, 2.24) is 9.80 Å². The SMILES string of the molecule is CC(=O)N1CC[C@]23c4c5ccc(C)c4O[C@H]2C(=O)CC[C@H]3[C@H]1C5.CC(=O)N1CC[C@]23c4c5ccc(C)c4O[C@H]2C(=O)CC[C@H]3[C@H]1C5. The maximum absolute atomic E-state index is 12.6. The van der Waals surface area contributed by atoms with Crippen molar-refractivity contribution in [3.8, 4) is 11.5 Å². The summed E-state index contributed by atoms with van der Waals surface area (Å²) in [6.07, 6.45) is 5.81. The number of ketones is 2. The number of aryl methyl sites for hydroxylation is 2. The molecular formula is C38H42N2O6. The Balaban J connectivity index is 0.000000127. The van der Waals surface area contributed by atoms with Crippen LogP contribution in [0.25, 0.3) is 0 Å². The van der Waals surface area contributed by atoms with E-state index in [1.165, 1.54) is 22.3 Å². The van der Waals surface area contributed by atoms with Gasteiger partial charge < -0.3 is 19.3 Å². The molecule has 2 aromatic rings. The number of carbonyl (C=O) groups is 4. The summed E-state index contributed by atoms with van der Waals surface area (Å²) in [6, 6.07) is 9.02. The Kier molecular flexibility index (Phi) is 5.86. The Hall–Kier alpha value is -3.68. The molecule has 4 heterocycles. The highest BCUT2D eigenvalue weighted by Gasteiger charge is 2.67. The topological polar surface area (TPSA) is 93.2 Å². The Morgan fingerprint density at radius 2 is 1.11 bits per heavy atom. The highest BCUT2D eigenvalue weighted by atomic mass is 16.5. The third kappa shape index (κ3) is 3.35. The molecule has 4 aliphatic carbocycles. The van der Waals surface area contributed by atoms with Crippen LogP contribution in [0.15, 0.2) is 24.3 Å². The minimum atomic E-state index is -0.326. The highest BCUT2D eigenvalue weighted by Crippen LogP contribution is 2.63. The Morgan fingerprint density at radius 3 is 1.50 bits per heavy atom. The van der Waals surface area contributed by atoms with E-state index in [4.69, 9.17) is 9.47 Å². The van der Waals surface area contributed by atoms with Gasteiger partial charge in [-0.1, -0.05) is 24.3 Å². The van der Waals surface area contributed by atoms with Gasteiger partial charge >= 0.3 is 0 Å². The van der Waals surface area contributed by atoms with Crippen LogP contribution in [0.3, 0.4) is 0 Å². The normalized spacial score (nSPS) is 36.5. The summed E-state index contributed by atoms with van der Waals surface area (Å²) in [7, 11) is 0. The van der Waals surface area contributed by atoms with Crippen molar-refractivity contribution >= 4 is 23.4 Å². The number of hydrogen-bond acceptors (Lipinski definition) is 6. The fraction of sp³-hybridized carbons (Fsp3) is 0.579. The second kappa shape index (κ2) is 9.45. The van der Waals surface area contributed by atoms with Gasteiger partial charge in [0.2, 0.25) is 11.8 Å². The van der Waals surface area contributed by atoms with Crippen LogP contribution < -0.4 is 9.47 Å². The van der Waals surface area contributed by atoms with Gasteiger partial charge in [0.05, 0.1) is 0 Å². The van der Waals surface area contributed by atoms with Crippen LogP contribution >= 0.6 is 0 Å². The number of carbonyl (C=O) groups excluding carboxylic acids is 4. The van der Waals surface area contributed by atoms with Crippen LogP contribution in [0.1, 0.15) is 85.8 Å². The molecule has 4 aliphatic heterocycles. The molecule has 2 aromatic carbocycles. The van der Waals surface area contributed by atoms with Gasteiger partial charge in [-0.2, -0.15) is 0 Å². The molecule has 2 spiro atoms. The van der Waals surface area contributed by atoms with Crippen molar-refractivity contribution in [1.29, 1.82) is 0 Å². The molecule has 0 radical (unpaired) electrons. The van der Waals surface area contributed by atoms with Gasteiger partial charge in [0.25, 0.3) is 0 Å². The van der Waals surface area contributed by atoms with E-state index in [9.17, 15) is 19.2 Å². The van der Waals surface area contributed by atoms with Crippen molar-refractivity contribution in [3.05, 3.63) is 57.6 Å². The molecule has 4 bridgehead atoms. The zero-order valence-corrected chi connectivity index (χ0v) is 27.2. The quantitative estimate of drug-likeness (QED) is 0.435. The highest BCUT2D eigenvalue weighted by molar-refractivity contribution is 5.90. The number of piperidine rings is 2. The zero-order chi connectivity index (χ0) is 31.9. The van der Waals surface area contributed by atoms with Gasteiger partial charge in [-0.05, 0) is 86.5 Å². The van der Waals surface area contributed by atoms with E-state index in [2.05, 4.69) is 38.1 Å². The lowest BCUT2D eigenvalue weighted by atomic mass is 9.51. The molecule has 10 rings (SSSR count). The van der Waals surface area contributed by atoms with Gasteiger partial charge in [-0.3, -0.25) is 19.2 Å². The molecule has 2 saturated carbocycles. The lowest BCUT2D eigenvalue weighted by Gasteiger charge is -2.57. The predicted octanol–water partition coefficient (Wildman–Crippen LogP) is 4.30. The van der Waals surface area contributed by atoms with Crippen molar-refractivity contribution in [2.45, 2.75) is 114 Å². The molecule has 8 heteroatoms. The fourth-order valence-electron chi connectivity index (χ4n) is 11.7. The summed E-state index contributed by atoms with van der Waals surface area (Å²) in [4.78, 5) is 53.6. The lowest BCUT2D eigenvalue weighted by Crippen LogP contribution is -2.66. The first-order valence-corrected chi connectivity index (χ1v) is 17.3. The van der Waals surface area contributed by atoms with Crippen LogP contribution in [0, 0.1) is 25.7 Å². The monoisotopic (exact) mass is 622 g/mol. The van der Waals surface area contributed by atoms with E-state index in [-0.39, 0.29) is 58.5 Å². The average Bonchev–Trinajstić information content (AvgIpc) is 3.56. The van der Waals surface area contributed by atoms with Crippen LogP contribution in [-0.2, 0) is 42.8 Å². The third-order valence-electron chi connectivity index (χ3n) is 13.5. The first-order chi connectivity index (χ1) is 22.1. The second-order valence-electron chi connectivity index (χ2n) is 15.3. The summed E-state index contributed by atoms with van der Waals surface area (Å²) in [6.45, 7) is 8.97. The number of ether oxygens (including phenoxy) is 2. The summed E-state index contributed by atoms with van der Waals surface area (Å²) < 4.78 is 12.5. The molecule has 0 N–H and O–H groups in total. The van der Waals surface area contributed by atoms with Gasteiger partial charge in [0.15, 0.2) is 23.8 Å². The molecule has 46 heavy (non-hydrogen) atoms. The van der Waals surface area contributed by atoms with Crippen LogP contribution in [0.4, 0.5) is 0 Å². The van der Waals surface area contributed by atoms with Gasteiger partial charge in [0.1, 0.15) is 11.5 Å². The van der Waals surface area contributed by atoms with E-state index < -0.39 is 0 Å². The molecular weight excluding hydrogens is 580 g/mol. The number of Topliss-reactive ketones (excluding diaryl/α,β-unsaturated/α-hetero) is 2. The number of amides is 2. The molecule has 240 valence electrons. The number of hydrogen-bond donors (Lipinski definition) is 0. The molecule has 0 aromatic heterocycles. The molecule has 8 nitrogen and oxygen atoms in total. The second-order valence-corrected chi connectivity index (χ2v) is 15.3. The van der Waals surface area contributed by atoms with Crippen molar-refractivity contribution in [2.24, 2.45) is 11.8 Å². The Labute approximate surface area is 269 Å².